The Morgan fingerprint density at radius 3 is 2.38 bits per heavy atom. The molecule has 4 rings (SSSR count). The Morgan fingerprint density at radius 2 is 1.72 bits per heavy atom. The van der Waals surface area contributed by atoms with E-state index in [4.69, 9.17) is 0 Å². The third-order valence-electron chi connectivity index (χ3n) is 5.33. The molecule has 0 spiro atoms. The van der Waals surface area contributed by atoms with Crippen molar-refractivity contribution in [2.24, 2.45) is 0 Å². The molecule has 4 nitrogen and oxygen atoms in total. The first-order valence-corrected chi connectivity index (χ1v) is 10.8. The van der Waals surface area contributed by atoms with Gasteiger partial charge in [0, 0.05) is 12.5 Å². The molecule has 1 atom stereocenters. The van der Waals surface area contributed by atoms with Crippen molar-refractivity contribution >= 4 is 22.0 Å². The topological polar surface area (TPSA) is 54.5 Å². The Kier molecular flexibility index (Phi) is 4.96. The molecule has 6 heteroatoms. The van der Waals surface area contributed by atoms with Gasteiger partial charge < -0.3 is 0 Å². The fourth-order valence-electron chi connectivity index (χ4n) is 3.88. The molecule has 0 saturated heterocycles. The van der Waals surface area contributed by atoms with Gasteiger partial charge >= 0.3 is 0 Å². The van der Waals surface area contributed by atoms with Crippen molar-refractivity contribution in [1.82, 2.24) is 0 Å². The van der Waals surface area contributed by atoms with Gasteiger partial charge in [-0.3, -0.25) is 9.10 Å². The number of carbonyl (C=O) groups is 1. The van der Waals surface area contributed by atoms with E-state index in [1.807, 2.05) is 37.3 Å². The van der Waals surface area contributed by atoms with Gasteiger partial charge in [0.15, 0.2) is 6.29 Å². The van der Waals surface area contributed by atoms with E-state index in [9.17, 15) is 17.6 Å². The number of aldehydes is 1. The van der Waals surface area contributed by atoms with E-state index in [1.165, 1.54) is 10.4 Å². The Labute approximate surface area is 169 Å². The van der Waals surface area contributed by atoms with Crippen LogP contribution in [0.2, 0.25) is 0 Å². The molecule has 148 valence electrons. The van der Waals surface area contributed by atoms with Crippen LogP contribution in [0.15, 0.2) is 71.6 Å². The average Bonchev–Trinajstić information content (AvgIpc) is 3.08. The number of benzene rings is 3. The van der Waals surface area contributed by atoms with E-state index in [0.717, 1.165) is 17.2 Å². The van der Waals surface area contributed by atoms with Gasteiger partial charge in [0.2, 0.25) is 0 Å². The van der Waals surface area contributed by atoms with Crippen LogP contribution < -0.4 is 4.31 Å². The minimum Gasteiger partial charge on any atom is -0.298 e. The summed E-state index contributed by atoms with van der Waals surface area (Å²) in [5.41, 5.74) is 2.72. The molecular formula is C23H20FNO3S. The molecule has 1 aliphatic heterocycles. The zero-order valence-corrected chi connectivity index (χ0v) is 16.7. The van der Waals surface area contributed by atoms with Gasteiger partial charge in [-0.15, -0.1) is 0 Å². The van der Waals surface area contributed by atoms with Crippen molar-refractivity contribution in [2.75, 3.05) is 10.8 Å². The summed E-state index contributed by atoms with van der Waals surface area (Å²) in [6, 6.07) is 18.8. The van der Waals surface area contributed by atoms with Crippen LogP contribution in [0.4, 0.5) is 10.1 Å². The maximum absolute atomic E-state index is 14.3. The van der Waals surface area contributed by atoms with E-state index < -0.39 is 15.8 Å². The number of anilines is 1. The normalized spacial score (nSPS) is 15.9. The van der Waals surface area contributed by atoms with Gasteiger partial charge in [-0.25, -0.2) is 12.8 Å². The number of rotatable bonds is 5. The zero-order valence-electron chi connectivity index (χ0n) is 15.9. The number of nitrogens with zero attached hydrogens (tertiary/aromatic N) is 1. The Morgan fingerprint density at radius 1 is 1.03 bits per heavy atom. The molecule has 1 heterocycles. The van der Waals surface area contributed by atoms with E-state index in [2.05, 4.69) is 0 Å². The highest BCUT2D eigenvalue weighted by atomic mass is 32.2. The van der Waals surface area contributed by atoms with Gasteiger partial charge in [-0.1, -0.05) is 48.0 Å². The van der Waals surface area contributed by atoms with Crippen LogP contribution in [0.3, 0.4) is 0 Å². The minimum atomic E-state index is -3.84. The Balaban J connectivity index is 1.82. The highest BCUT2D eigenvalue weighted by Crippen LogP contribution is 2.43. The summed E-state index contributed by atoms with van der Waals surface area (Å²) >= 11 is 0. The van der Waals surface area contributed by atoms with Crippen molar-refractivity contribution in [1.29, 1.82) is 0 Å². The van der Waals surface area contributed by atoms with Crippen LogP contribution in [0.5, 0.6) is 0 Å². The molecule has 0 amide bonds. The molecular weight excluding hydrogens is 389 g/mol. The molecule has 1 aliphatic rings. The van der Waals surface area contributed by atoms with Gasteiger partial charge in [0.05, 0.1) is 16.1 Å². The molecule has 3 aromatic rings. The van der Waals surface area contributed by atoms with Crippen LogP contribution in [0.25, 0.3) is 0 Å². The lowest BCUT2D eigenvalue weighted by Gasteiger charge is -2.20. The first-order chi connectivity index (χ1) is 13.9. The molecule has 0 unspecified atom stereocenters. The monoisotopic (exact) mass is 409 g/mol. The Hall–Kier alpha value is -2.99. The minimum absolute atomic E-state index is 0.0648. The number of aryl methyl sites for hydroxylation is 1. The standard InChI is InChI=1S/C23H20FNO3S/c1-16-7-9-19(10-8-16)29(27,28)25-14-18(13-17-5-3-2-4-6-17)23-20(15-26)21(24)11-12-22(23)25/h2-12,15,18H,13-14H2,1H3/t18-/m0/s1. The second kappa shape index (κ2) is 7.44. The maximum Gasteiger partial charge on any atom is 0.264 e. The van der Waals surface area contributed by atoms with Crippen LogP contribution in [-0.2, 0) is 16.4 Å². The number of sulfonamides is 1. The predicted molar refractivity (Wildman–Crippen MR) is 110 cm³/mol. The van der Waals surface area contributed by atoms with Crippen molar-refractivity contribution in [3.63, 3.8) is 0 Å². The molecule has 0 saturated carbocycles. The third-order valence-corrected chi connectivity index (χ3v) is 7.12. The van der Waals surface area contributed by atoms with E-state index in [1.54, 1.807) is 24.3 Å². The van der Waals surface area contributed by atoms with E-state index >= 15 is 0 Å². The van der Waals surface area contributed by atoms with Gasteiger partial charge in [0.25, 0.3) is 10.0 Å². The first kappa shape index (κ1) is 19.3. The third kappa shape index (κ3) is 3.44. The highest BCUT2D eigenvalue weighted by Gasteiger charge is 2.38. The summed E-state index contributed by atoms with van der Waals surface area (Å²) in [4.78, 5) is 11.8. The highest BCUT2D eigenvalue weighted by molar-refractivity contribution is 7.92. The largest absolute Gasteiger partial charge is 0.298 e. The van der Waals surface area contributed by atoms with Crippen molar-refractivity contribution in [2.45, 2.75) is 24.2 Å². The van der Waals surface area contributed by atoms with Crippen LogP contribution in [0.1, 0.15) is 33.0 Å². The van der Waals surface area contributed by atoms with Gasteiger partial charge in [-0.05, 0) is 48.7 Å². The number of fused-ring (bicyclic) bond motifs is 1. The molecule has 0 fully saturated rings. The number of carbonyl (C=O) groups excluding carboxylic acids is 1. The molecule has 0 aliphatic carbocycles. The van der Waals surface area contributed by atoms with Crippen LogP contribution >= 0.6 is 0 Å². The van der Waals surface area contributed by atoms with Crippen molar-refractivity contribution in [3.05, 3.63) is 94.8 Å². The van der Waals surface area contributed by atoms with E-state index in [0.29, 0.717) is 24.0 Å². The molecule has 0 radical (unpaired) electrons. The summed E-state index contributed by atoms with van der Waals surface area (Å²) in [5.74, 6) is -0.949. The van der Waals surface area contributed by atoms with Gasteiger partial charge in [-0.2, -0.15) is 0 Å². The molecule has 0 N–H and O–H groups in total. The predicted octanol–water partition coefficient (Wildman–Crippen LogP) is 4.48. The molecule has 3 aromatic carbocycles. The number of halogens is 1. The summed E-state index contributed by atoms with van der Waals surface area (Å²) in [6.07, 6.45) is 0.992. The number of hydrogen-bond acceptors (Lipinski definition) is 3. The zero-order chi connectivity index (χ0) is 20.6. The fraction of sp³-hybridized carbons (Fsp3) is 0.174. The van der Waals surface area contributed by atoms with Crippen LogP contribution in [-0.4, -0.2) is 21.2 Å². The smallest absolute Gasteiger partial charge is 0.264 e. The van der Waals surface area contributed by atoms with Gasteiger partial charge in [0.1, 0.15) is 5.82 Å². The first-order valence-electron chi connectivity index (χ1n) is 9.32. The SMILES string of the molecule is Cc1ccc(S(=O)(=O)N2C[C@H](Cc3ccccc3)c3c2ccc(F)c3C=O)cc1. The van der Waals surface area contributed by atoms with Crippen molar-refractivity contribution < 1.29 is 17.6 Å². The summed E-state index contributed by atoms with van der Waals surface area (Å²) in [6.45, 7) is 2.04. The summed E-state index contributed by atoms with van der Waals surface area (Å²) in [5, 5.41) is 0. The maximum atomic E-state index is 14.3. The van der Waals surface area contributed by atoms with E-state index in [-0.39, 0.29) is 22.9 Å². The van der Waals surface area contributed by atoms with Crippen LogP contribution in [0, 0.1) is 12.7 Å². The quantitative estimate of drug-likeness (QED) is 0.584. The lowest BCUT2D eigenvalue weighted by molar-refractivity contribution is 0.111. The summed E-state index contributed by atoms with van der Waals surface area (Å²) in [7, 11) is -3.84. The second-order valence-electron chi connectivity index (χ2n) is 7.25. The number of hydrogen-bond donors (Lipinski definition) is 0. The van der Waals surface area contributed by atoms with Crippen molar-refractivity contribution in [3.8, 4) is 0 Å². The fourth-order valence-corrected chi connectivity index (χ4v) is 5.41. The lowest BCUT2D eigenvalue weighted by Crippen LogP contribution is -2.30. The average molecular weight is 409 g/mol. The molecule has 0 bridgehead atoms. The summed E-state index contributed by atoms with van der Waals surface area (Å²) < 4.78 is 42.3. The molecule has 29 heavy (non-hydrogen) atoms. The lowest BCUT2D eigenvalue weighted by atomic mass is 9.90. The Bertz CT molecular complexity index is 1160. The molecule has 0 aromatic heterocycles. The second-order valence-corrected chi connectivity index (χ2v) is 9.11.